The Kier molecular flexibility index (Phi) is 4.45. The Bertz CT molecular complexity index is 600. The molecule has 1 fully saturated rings. The van der Waals surface area contributed by atoms with Gasteiger partial charge in [-0.3, -0.25) is 0 Å². The molecule has 1 aliphatic carbocycles. The van der Waals surface area contributed by atoms with E-state index in [-0.39, 0.29) is 6.10 Å². The average Bonchev–Trinajstić information content (AvgIpc) is 2.55. The third-order valence-corrected chi connectivity index (χ3v) is 4.80. The van der Waals surface area contributed by atoms with Crippen LogP contribution in [0.2, 0.25) is 0 Å². The number of aliphatic hydroxyl groups is 1. The second-order valence-electron chi connectivity index (χ2n) is 6.17. The van der Waals surface area contributed by atoms with Gasteiger partial charge >= 0.3 is 0 Å². The first-order valence-electron chi connectivity index (χ1n) is 8.01. The summed E-state index contributed by atoms with van der Waals surface area (Å²) in [5, 5.41) is 13.0. The summed E-state index contributed by atoms with van der Waals surface area (Å²) < 4.78 is 5.34. The molecule has 2 nitrogen and oxygen atoms in total. The molecule has 112 valence electrons. The predicted molar refractivity (Wildman–Crippen MR) is 86.8 cm³/mol. The molecular weight excluding hydrogens is 260 g/mol. The summed E-state index contributed by atoms with van der Waals surface area (Å²) in [4.78, 5) is 0. The van der Waals surface area contributed by atoms with Crippen LogP contribution in [0.3, 0.4) is 0 Å². The van der Waals surface area contributed by atoms with Crippen molar-refractivity contribution in [2.75, 3.05) is 7.11 Å². The van der Waals surface area contributed by atoms with Gasteiger partial charge in [-0.1, -0.05) is 43.5 Å². The highest BCUT2D eigenvalue weighted by Crippen LogP contribution is 2.30. The van der Waals surface area contributed by atoms with Crippen LogP contribution in [0.25, 0.3) is 10.8 Å². The van der Waals surface area contributed by atoms with Crippen LogP contribution in [0.5, 0.6) is 5.75 Å². The lowest BCUT2D eigenvalue weighted by Crippen LogP contribution is -2.25. The van der Waals surface area contributed by atoms with E-state index in [0.717, 1.165) is 12.2 Å². The first-order chi connectivity index (χ1) is 10.3. The van der Waals surface area contributed by atoms with Gasteiger partial charge in [-0.05, 0) is 53.6 Å². The van der Waals surface area contributed by atoms with Gasteiger partial charge in [0.05, 0.1) is 13.2 Å². The summed E-state index contributed by atoms with van der Waals surface area (Å²) in [6.07, 6.45) is 6.74. The molecule has 0 amide bonds. The molecule has 1 N–H and O–H groups in total. The van der Waals surface area contributed by atoms with Crippen LogP contribution in [0, 0.1) is 5.92 Å². The Balaban J connectivity index is 1.85. The fraction of sp³-hybridized carbons (Fsp3) is 0.474. The molecule has 21 heavy (non-hydrogen) atoms. The maximum Gasteiger partial charge on any atom is 0.119 e. The van der Waals surface area contributed by atoms with Crippen LogP contribution in [0.1, 0.15) is 37.7 Å². The summed E-state index contributed by atoms with van der Waals surface area (Å²) in [6.45, 7) is 0. The van der Waals surface area contributed by atoms with Gasteiger partial charge in [-0.15, -0.1) is 0 Å². The van der Waals surface area contributed by atoms with Crippen molar-refractivity contribution in [2.24, 2.45) is 5.92 Å². The van der Waals surface area contributed by atoms with Crippen LogP contribution in [-0.2, 0) is 6.42 Å². The van der Waals surface area contributed by atoms with Crippen molar-refractivity contribution < 1.29 is 9.84 Å². The molecule has 3 rings (SSSR count). The van der Waals surface area contributed by atoms with Crippen LogP contribution < -0.4 is 4.74 Å². The monoisotopic (exact) mass is 284 g/mol. The number of rotatable bonds is 4. The highest BCUT2D eigenvalue weighted by Gasteiger charge is 2.22. The van der Waals surface area contributed by atoms with Crippen molar-refractivity contribution in [3.63, 3.8) is 0 Å². The number of hydrogen-bond acceptors (Lipinski definition) is 2. The van der Waals surface area contributed by atoms with E-state index in [1.165, 1.54) is 48.4 Å². The predicted octanol–water partition coefficient (Wildman–Crippen LogP) is 4.33. The normalized spacial score (nSPS) is 17.8. The Labute approximate surface area is 126 Å². The molecule has 2 aromatic carbocycles. The number of benzene rings is 2. The Morgan fingerprint density at radius 2 is 1.95 bits per heavy atom. The maximum atomic E-state index is 10.6. The summed E-state index contributed by atoms with van der Waals surface area (Å²) in [5.74, 6) is 1.35. The Morgan fingerprint density at radius 1 is 1.14 bits per heavy atom. The number of fused-ring (bicyclic) bond motifs is 1. The van der Waals surface area contributed by atoms with Crippen molar-refractivity contribution in [3.8, 4) is 5.75 Å². The molecule has 1 unspecified atom stereocenters. The summed E-state index contributed by atoms with van der Waals surface area (Å²) in [6, 6.07) is 12.5. The minimum Gasteiger partial charge on any atom is -0.497 e. The van der Waals surface area contributed by atoms with Gasteiger partial charge in [0.2, 0.25) is 0 Å². The Morgan fingerprint density at radius 3 is 2.71 bits per heavy atom. The highest BCUT2D eigenvalue weighted by molar-refractivity contribution is 5.87. The van der Waals surface area contributed by atoms with E-state index in [1.807, 2.05) is 6.07 Å². The smallest absolute Gasteiger partial charge is 0.119 e. The van der Waals surface area contributed by atoms with Gasteiger partial charge in [-0.25, -0.2) is 0 Å². The standard InChI is InChI=1S/C19H24O2/c1-21-17-11-10-14-8-5-9-16(18(14)13-17)12-19(20)15-6-3-2-4-7-15/h5,8-11,13,15,19-20H,2-4,6-7,12H2,1H3. The molecule has 1 atom stereocenters. The van der Waals surface area contributed by atoms with Crippen LogP contribution in [0.4, 0.5) is 0 Å². The topological polar surface area (TPSA) is 29.5 Å². The quantitative estimate of drug-likeness (QED) is 0.905. The van der Waals surface area contributed by atoms with E-state index in [1.54, 1.807) is 7.11 Å². The molecule has 0 saturated heterocycles. The summed E-state index contributed by atoms with van der Waals surface area (Å²) in [7, 11) is 1.70. The molecule has 1 aliphatic rings. The third kappa shape index (κ3) is 3.21. The number of aliphatic hydroxyl groups excluding tert-OH is 1. The van der Waals surface area contributed by atoms with Gasteiger partial charge in [0.1, 0.15) is 5.75 Å². The van der Waals surface area contributed by atoms with Crippen molar-refractivity contribution in [3.05, 3.63) is 42.0 Å². The lowest BCUT2D eigenvalue weighted by atomic mass is 9.82. The molecule has 0 heterocycles. The largest absolute Gasteiger partial charge is 0.497 e. The summed E-state index contributed by atoms with van der Waals surface area (Å²) in [5.41, 5.74) is 1.23. The number of methoxy groups -OCH3 is 1. The zero-order valence-electron chi connectivity index (χ0n) is 12.7. The van der Waals surface area contributed by atoms with Crippen molar-refractivity contribution in [2.45, 2.75) is 44.6 Å². The van der Waals surface area contributed by atoms with E-state index in [9.17, 15) is 5.11 Å². The fourth-order valence-electron chi connectivity index (χ4n) is 3.53. The van der Waals surface area contributed by atoms with Crippen LogP contribution >= 0.6 is 0 Å². The maximum absolute atomic E-state index is 10.6. The van der Waals surface area contributed by atoms with Crippen LogP contribution in [0.15, 0.2) is 36.4 Å². The fourth-order valence-corrected chi connectivity index (χ4v) is 3.53. The van der Waals surface area contributed by atoms with E-state index in [2.05, 4.69) is 30.3 Å². The lowest BCUT2D eigenvalue weighted by Gasteiger charge is -2.27. The first-order valence-corrected chi connectivity index (χ1v) is 8.01. The lowest BCUT2D eigenvalue weighted by molar-refractivity contribution is 0.0854. The molecule has 2 heteroatoms. The minimum atomic E-state index is -0.220. The van der Waals surface area contributed by atoms with E-state index >= 15 is 0 Å². The Hall–Kier alpha value is -1.54. The number of ether oxygens (including phenoxy) is 1. The SMILES string of the molecule is COc1ccc2cccc(CC(O)C3CCCCC3)c2c1. The van der Waals surface area contributed by atoms with Crippen molar-refractivity contribution in [1.82, 2.24) is 0 Å². The van der Waals surface area contributed by atoms with Gasteiger partial charge in [0.15, 0.2) is 0 Å². The van der Waals surface area contributed by atoms with E-state index in [0.29, 0.717) is 5.92 Å². The van der Waals surface area contributed by atoms with Crippen molar-refractivity contribution >= 4 is 10.8 Å². The van der Waals surface area contributed by atoms with E-state index < -0.39 is 0 Å². The molecule has 0 spiro atoms. The average molecular weight is 284 g/mol. The minimum absolute atomic E-state index is 0.220. The zero-order chi connectivity index (χ0) is 14.7. The van der Waals surface area contributed by atoms with Crippen LogP contribution in [-0.4, -0.2) is 18.3 Å². The highest BCUT2D eigenvalue weighted by atomic mass is 16.5. The molecule has 0 aromatic heterocycles. The van der Waals surface area contributed by atoms with Gasteiger partial charge < -0.3 is 9.84 Å². The van der Waals surface area contributed by atoms with Gasteiger partial charge in [-0.2, -0.15) is 0 Å². The molecule has 0 aliphatic heterocycles. The van der Waals surface area contributed by atoms with E-state index in [4.69, 9.17) is 4.74 Å². The molecule has 0 bridgehead atoms. The third-order valence-electron chi connectivity index (χ3n) is 4.80. The van der Waals surface area contributed by atoms with Crippen molar-refractivity contribution in [1.29, 1.82) is 0 Å². The van der Waals surface area contributed by atoms with Gasteiger partial charge in [0.25, 0.3) is 0 Å². The summed E-state index contributed by atoms with van der Waals surface area (Å²) >= 11 is 0. The molecular formula is C19H24O2. The second kappa shape index (κ2) is 6.48. The molecule has 2 aromatic rings. The first kappa shape index (κ1) is 14.4. The van der Waals surface area contributed by atoms with Gasteiger partial charge in [0, 0.05) is 0 Å². The zero-order valence-corrected chi connectivity index (χ0v) is 12.7. The molecule has 0 radical (unpaired) electrons. The number of hydrogen-bond donors (Lipinski definition) is 1. The second-order valence-corrected chi connectivity index (χ2v) is 6.17. The molecule has 1 saturated carbocycles.